The van der Waals surface area contributed by atoms with E-state index in [0.717, 1.165) is 18.4 Å². The molecule has 5 rings (SSSR count). The van der Waals surface area contributed by atoms with E-state index >= 15 is 0 Å². The van der Waals surface area contributed by atoms with Crippen molar-refractivity contribution >= 4 is 5.91 Å². The molecule has 1 aromatic carbocycles. The zero-order chi connectivity index (χ0) is 19.6. The van der Waals surface area contributed by atoms with Crippen molar-refractivity contribution in [2.45, 2.75) is 18.9 Å². The smallest absolute Gasteiger partial charge is 0.271 e. The Bertz CT molecular complexity index is 1010. The maximum absolute atomic E-state index is 12.8. The van der Waals surface area contributed by atoms with Gasteiger partial charge in [0.25, 0.3) is 5.91 Å². The largest absolute Gasteiger partial charge is 0.473 e. The summed E-state index contributed by atoms with van der Waals surface area (Å²) in [4.78, 5) is 14.7. The molecule has 0 unspecified atom stereocenters. The third-order valence-electron chi connectivity index (χ3n) is 5.04. The van der Waals surface area contributed by atoms with E-state index in [0.29, 0.717) is 41.9 Å². The number of rotatable bonds is 4. The Morgan fingerprint density at radius 1 is 1.14 bits per heavy atom. The molecular weight excluding hydrogens is 374 g/mol. The van der Waals surface area contributed by atoms with Crippen LogP contribution in [0.2, 0.25) is 0 Å². The highest BCUT2D eigenvalue weighted by Gasteiger charge is 2.26. The van der Waals surface area contributed by atoms with Gasteiger partial charge in [-0.2, -0.15) is 10.2 Å². The van der Waals surface area contributed by atoms with Crippen molar-refractivity contribution in [2.24, 2.45) is 0 Å². The van der Waals surface area contributed by atoms with E-state index < -0.39 is 0 Å². The second-order valence-corrected chi connectivity index (χ2v) is 6.91. The van der Waals surface area contributed by atoms with E-state index in [1.54, 1.807) is 24.4 Å². The Kier molecular flexibility index (Phi) is 4.47. The van der Waals surface area contributed by atoms with Crippen LogP contribution in [0.25, 0.3) is 11.3 Å². The lowest BCUT2D eigenvalue weighted by Gasteiger charge is -2.31. The van der Waals surface area contributed by atoms with Crippen molar-refractivity contribution in [1.82, 2.24) is 25.3 Å². The van der Waals surface area contributed by atoms with Gasteiger partial charge in [-0.1, -0.05) is 0 Å². The van der Waals surface area contributed by atoms with Gasteiger partial charge in [-0.25, -0.2) is 0 Å². The van der Waals surface area contributed by atoms with Gasteiger partial charge in [0.15, 0.2) is 11.5 Å². The van der Waals surface area contributed by atoms with Gasteiger partial charge in [-0.3, -0.25) is 9.89 Å². The van der Waals surface area contributed by atoms with Gasteiger partial charge < -0.3 is 19.1 Å². The molecule has 1 N–H and O–H groups in total. The van der Waals surface area contributed by atoms with Gasteiger partial charge in [0.1, 0.15) is 11.8 Å². The van der Waals surface area contributed by atoms with Gasteiger partial charge in [-0.05, 0) is 30.3 Å². The predicted molar refractivity (Wildman–Crippen MR) is 102 cm³/mol. The highest BCUT2D eigenvalue weighted by Crippen LogP contribution is 2.35. The molecule has 3 aromatic rings. The van der Waals surface area contributed by atoms with Crippen LogP contribution in [0.3, 0.4) is 0 Å². The van der Waals surface area contributed by atoms with Crippen LogP contribution in [0.1, 0.15) is 23.3 Å². The van der Waals surface area contributed by atoms with Gasteiger partial charge in [-0.15, -0.1) is 5.10 Å². The summed E-state index contributed by atoms with van der Waals surface area (Å²) in [6.07, 6.45) is 3.12. The minimum absolute atomic E-state index is 0.0294. The average molecular weight is 393 g/mol. The Morgan fingerprint density at radius 3 is 2.83 bits per heavy atom. The molecule has 1 amide bonds. The van der Waals surface area contributed by atoms with Crippen LogP contribution in [0.5, 0.6) is 17.4 Å². The van der Waals surface area contributed by atoms with Gasteiger partial charge >= 0.3 is 0 Å². The fourth-order valence-electron chi connectivity index (χ4n) is 3.50. The third kappa shape index (κ3) is 3.58. The van der Waals surface area contributed by atoms with Crippen molar-refractivity contribution in [2.75, 3.05) is 19.9 Å². The number of amides is 1. The molecule has 9 nitrogen and oxygen atoms in total. The number of likely N-dealkylation sites (tertiary alicyclic amines) is 1. The van der Waals surface area contributed by atoms with Crippen LogP contribution in [-0.2, 0) is 0 Å². The Hall–Kier alpha value is -3.62. The maximum Gasteiger partial charge on any atom is 0.271 e. The van der Waals surface area contributed by atoms with Crippen molar-refractivity contribution in [3.8, 4) is 28.6 Å². The number of nitrogens with one attached hydrogen (secondary N) is 1. The molecule has 1 saturated heterocycles. The minimum Gasteiger partial charge on any atom is -0.473 e. The summed E-state index contributed by atoms with van der Waals surface area (Å²) in [6, 6.07) is 10.9. The second-order valence-electron chi connectivity index (χ2n) is 6.91. The molecule has 4 heterocycles. The summed E-state index contributed by atoms with van der Waals surface area (Å²) in [5.41, 5.74) is 2.01. The van der Waals surface area contributed by atoms with E-state index in [-0.39, 0.29) is 18.8 Å². The number of H-pyrrole nitrogens is 1. The van der Waals surface area contributed by atoms with Crippen LogP contribution in [-0.4, -0.2) is 57.2 Å². The first kappa shape index (κ1) is 17.5. The maximum atomic E-state index is 12.8. The van der Waals surface area contributed by atoms with Crippen molar-refractivity contribution < 1.29 is 19.0 Å². The van der Waals surface area contributed by atoms with Crippen molar-refractivity contribution in [3.63, 3.8) is 0 Å². The molecule has 0 saturated carbocycles. The number of carbonyl (C=O) groups is 1. The monoisotopic (exact) mass is 393 g/mol. The summed E-state index contributed by atoms with van der Waals surface area (Å²) >= 11 is 0. The summed E-state index contributed by atoms with van der Waals surface area (Å²) in [7, 11) is 0. The van der Waals surface area contributed by atoms with E-state index in [9.17, 15) is 4.79 Å². The zero-order valence-electron chi connectivity index (χ0n) is 15.6. The molecule has 2 aliphatic rings. The molecule has 0 bridgehead atoms. The Balaban J connectivity index is 1.22. The fourth-order valence-corrected chi connectivity index (χ4v) is 3.50. The highest BCUT2D eigenvalue weighted by atomic mass is 16.7. The molecule has 0 radical (unpaired) electrons. The molecule has 2 aromatic heterocycles. The van der Waals surface area contributed by atoms with Gasteiger partial charge in [0.05, 0.1) is 5.69 Å². The summed E-state index contributed by atoms with van der Waals surface area (Å²) < 4.78 is 16.6. The summed E-state index contributed by atoms with van der Waals surface area (Å²) in [6.45, 7) is 1.45. The van der Waals surface area contributed by atoms with E-state index in [2.05, 4.69) is 20.4 Å². The molecule has 29 heavy (non-hydrogen) atoms. The highest BCUT2D eigenvalue weighted by molar-refractivity contribution is 5.93. The molecule has 9 heteroatoms. The van der Waals surface area contributed by atoms with Crippen LogP contribution in [0.4, 0.5) is 0 Å². The lowest BCUT2D eigenvalue weighted by Crippen LogP contribution is -2.42. The minimum atomic E-state index is -0.0672. The molecule has 0 spiro atoms. The van der Waals surface area contributed by atoms with E-state index in [4.69, 9.17) is 14.2 Å². The normalized spacial score (nSPS) is 16.1. The first-order chi connectivity index (χ1) is 14.3. The topological polar surface area (TPSA) is 102 Å². The number of nitrogens with zero attached hydrogens (tertiary/aromatic N) is 4. The number of hydrogen-bond donors (Lipinski definition) is 1. The molecule has 0 atom stereocenters. The number of aromatic nitrogens is 4. The Morgan fingerprint density at radius 2 is 2.00 bits per heavy atom. The number of benzene rings is 1. The van der Waals surface area contributed by atoms with E-state index in [1.807, 2.05) is 23.1 Å². The molecule has 148 valence electrons. The summed E-state index contributed by atoms with van der Waals surface area (Å²) in [5.74, 6) is 1.84. The van der Waals surface area contributed by atoms with Crippen LogP contribution < -0.4 is 14.2 Å². The van der Waals surface area contributed by atoms with Crippen LogP contribution in [0.15, 0.2) is 42.6 Å². The first-order valence-corrected chi connectivity index (χ1v) is 9.45. The molecule has 2 aliphatic heterocycles. The molecule has 0 aliphatic carbocycles. The van der Waals surface area contributed by atoms with E-state index in [1.165, 1.54) is 0 Å². The van der Waals surface area contributed by atoms with Crippen molar-refractivity contribution in [3.05, 3.63) is 48.3 Å². The molecule has 1 fully saturated rings. The average Bonchev–Trinajstić information content (AvgIpc) is 3.44. The zero-order valence-corrected chi connectivity index (χ0v) is 15.6. The summed E-state index contributed by atoms with van der Waals surface area (Å²) in [5, 5.41) is 14.9. The number of aromatic amines is 1. The number of piperidine rings is 1. The lowest BCUT2D eigenvalue weighted by molar-refractivity contribution is 0.0580. The fraction of sp³-hybridized carbons (Fsp3) is 0.300. The van der Waals surface area contributed by atoms with Crippen LogP contribution in [0, 0.1) is 0 Å². The first-order valence-electron chi connectivity index (χ1n) is 9.45. The van der Waals surface area contributed by atoms with Gasteiger partial charge in [0, 0.05) is 43.8 Å². The lowest BCUT2D eigenvalue weighted by atomic mass is 10.1. The second kappa shape index (κ2) is 7.42. The molecular formula is C20H19N5O4. The SMILES string of the molecule is O=C(c1cc(-c2ccc3c(c2)OCO3)n[nH]1)N1CCC(Oc2cccnn2)CC1. The number of ether oxygens (including phenoxy) is 3. The number of carbonyl (C=O) groups excluding carboxylic acids is 1. The number of hydrogen-bond acceptors (Lipinski definition) is 7. The van der Waals surface area contributed by atoms with Crippen molar-refractivity contribution in [1.29, 1.82) is 0 Å². The standard InChI is InChI=1S/C20H19N5O4/c26-20(25-8-5-14(6-9-25)29-19-2-1-7-21-24-19)16-11-15(22-23-16)13-3-4-17-18(10-13)28-12-27-17/h1-4,7,10-11,14H,5-6,8-9,12H2,(H,22,23). The number of fused-ring (bicyclic) bond motifs is 1. The quantitative estimate of drug-likeness (QED) is 0.725. The predicted octanol–water partition coefficient (Wildman–Crippen LogP) is 2.28. The Labute approximate surface area is 166 Å². The van der Waals surface area contributed by atoms with Gasteiger partial charge in [0.2, 0.25) is 12.7 Å². The van der Waals surface area contributed by atoms with Crippen LogP contribution >= 0.6 is 0 Å². The third-order valence-corrected chi connectivity index (χ3v) is 5.04.